The summed E-state index contributed by atoms with van der Waals surface area (Å²) in [6, 6.07) is 0. The lowest BCUT2D eigenvalue weighted by molar-refractivity contribution is -0.135. The molecule has 0 aliphatic heterocycles. The maximum Gasteiger partial charge on any atom is 0.330 e. The second-order valence-corrected chi connectivity index (χ2v) is 12.9. The maximum absolute atomic E-state index is 11.6. The van der Waals surface area contributed by atoms with Crippen molar-refractivity contribution in [1.29, 1.82) is 0 Å². The summed E-state index contributed by atoms with van der Waals surface area (Å²) in [6.45, 7) is 18.9. The van der Waals surface area contributed by atoms with E-state index < -0.39 is 5.97 Å². The SMILES string of the molecule is COC(=O)/C=C/C(C)=C/C(=C/C(C)=C/C=C/C=C(C)/C=C/C=C(C)\C=C\C(=O)O)C/C=C(\C)CC/C=C(\C)CC/C=C(\C)CCC=C(C)C. The zero-order chi connectivity index (χ0) is 37.0. The van der Waals surface area contributed by atoms with E-state index in [9.17, 15) is 9.59 Å². The van der Waals surface area contributed by atoms with Gasteiger partial charge >= 0.3 is 11.9 Å². The van der Waals surface area contributed by atoms with Gasteiger partial charge in [0.15, 0.2) is 0 Å². The maximum atomic E-state index is 11.6. The average Bonchev–Trinajstić information content (AvgIpc) is 3.03. The second kappa shape index (κ2) is 27.5. The molecule has 0 saturated heterocycles. The van der Waals surface area contributed by atoms with E-state index in [0.717, 1.165) is 78.9 Å². The number of carbonyl (C=O) groups excluding carboxylic acids is 1. The van der Waals surface area contributed by atoms with Crippen LogP contribution >= 0.6 is 0 Å². The van der Waals surface area contributed by atoms with E-state index in [-0.39, 0.29) is 5.97 Å². The van der Waals surface area contributed by atoms with Crippen LogP contribution < -0.4 is 0 Å². The number of carboxylic acids is 1. The Morgan fingerprint density at radius 3 is 1.57 bits per heavy atom. The minimum absolute atomic E-state index is 0.372. The minimum Gasteiger partial charge on any atom is -0.478 e. The first kappa shape index (κ1) is 44.6. The number of carbonyl (C=O) groups is 2. The van der Waals surface area contributed by atoms with Crippen LogP contribution in [-0.4, -0.2) is 24.2 Å². The highest BCUT2D eigenvalue weighted by atomic mass is 16.5. The lowest BCUT2D eigenvalue weighted by Crippen LogP contribution is -1.93. The number of esters is 1. The lowest BCUT2D eigenvalue weighted by Gasteiger charge is -2.05. The van der Waals surface area contributed by atoms with Gasteiger partial charge in [-0.2, -0.15) is 0 Å². The zero-order valence-electron chi connectivity index (χ0n) is 31.9. The van der Waals surface area contributed by atoms with Crippen molar-refractivity contribution >= 4 is 11.9 Å². The van der Waals surface area contributed by atoms with Crippen LogP contribution in [0.4, 0.5) is 0 Å². The van der Waals surface area contributed by atoms with E-state index in [1.54, 1.807) is 12.2 Å². The average molecular weight is 667 g/mol. The van der Waals surface area contributed by atoms with Gasteiger partial charge in [-0.15, -0.1) is 0 Å². The summed E-state index contributed by atoms with van der Waals surface area (Å²) >= 11 is 0. The van der Waals surface area contributed by atoms with Gasteiger partial charge in [-0.05, 0) is 113 Å². The van der Waals surface area contributed by atoms with Gasteiger partial charge in [0.25, 0.3) is 0 Å². The first-order valence-corrected chi connectivity index (χ1v) is 17.2. The summed E-state index contributed by atoms with van der Waals surface area (Å²) in [5, 5.41) is 8.73. The Bertz CT molecular complexity index is 1460. The third kappa shape index (κ3) is 28.3. The van der Waals surface area contributed by atoms with Crippen molar-refractivity contribution in [3.05, 3.63) is 153 Å². The fourth-order valence-corrected chi connectivity index (χ4v) is 4.47. The molecular formula is C45H62O4. The molecule has 266 valence electrons. The quantitative estimate of drug-likeness (QED) is 0.0573. The highest BCUT2D eigenvalue weighted by Gasteiger charge is 1.98. The Hall–Kier alpha value is -4.44. The molecule has 0 aliphatic rings. The molecule has 4 nitrogen and oxygen atoms in total. The van der Waals surface area contributed by atoms with Crippen molar-refractivity contribution in [2.45, 2.75) is 107 Å². The Labute approximate surface area is 298 Å². The molecule has 0 spiro atoms. The van der Waals surface area contributed by atoms with Gasteiger partial charge in [0.1, 0.15) is 0 Å². The van der Waals surface area contributed by atoms with Crippen molar-refractivity contribution in [2.75, 3.05) is 7.11 Å². The number of hydrogen-bond acceptors (Lipinski definition) is 3. The van der Waals surface area contributed by atoms with Crippen LogP contribution in [0.5, 0.6) is 0 Å². The van der Waals surface area contributed by atoms with Crippen LogP contribution in [-0.2, 0) is 14.3 Å². The van der Waals surface area contributed by atoms with Crippen LogP contribution in [0.15, 0.2) is 153 Å². The van der Waals surface area contributed by atoms with E-state index in [4.69, 9.17) is 9.84 Å². The Morgan fingerprint density at radius 2 is 1.02 bits per heavy atom. The highest BCUT2D eigenvalue weighted by molar-refractivity contribution is 5.82. The molecule has 0 bridgehead atoms. The molecule has 0 amide bonds. The van der Waals surface area contributed by atoms with Gasteiger partial charge in [0.2, 0.25) is 0 Å². The molecule has 0 heterocycles. The van der Waals surface area contributed by atoms with Crippen molar-refractivity contribution in [3.63, 3.8) is 0 Å². The number of methoxy groups -OCH3 is 1. The largest absolute Gasteiger partial charge is 0.478 e. The molecule has 1 N–H and O–H groups in total. The summed E-state index contributed by atoms with van der Waals surface area (Å²) in [5.74, 6) is -1.33. The second-order valence-electron chi connectivity index (χ2n) is 12.9. The summed E-state index contributed by atoms with van der Waals surface area (Å²) < 4.78 is 4.74. The molecule has 0 saturated carbocycles. The van der Waals surface area contributed by atoms with Crippen LogP contribution in [0.1, 0.15) is 107 Å². The van der Waals surface area contributed by atoms with Gasteiger partial charge in [0.05, 0.1) is 7.11 Å². The smallest absolute Gasteiger partial charge is 0.330 e. The molecule has 0 atom stereocenters. The van der Waals surface area contributed by atoms with E-state index in [0.29, 0.717) is 0 Å². The van der Waals surface area contributed by atoms with Gasteiger partial charge in [-0.25, -0.2) is 9.59 Å². The van der Waals surface area contributed by atoms with Crippen molar-refractivity contribution in [2.24, 2.45) is 0 Å². The Kier molecular flexibility index (Phi) is 25.0. The van der Waals surface area contributed by atoms with Gasteiger partial charge < -0.3 is 9.84 Å². The zero-order valence-corrected chi connectivity index (χ0v) is 31.9. The number of aliphatic carboxylic acids is 1. The molecular weight excluding hydrogens is 604 g/mol. The molecule has 0 aromatic rings. The first-order chi connectivity index (χ1) is 23.2. The highest BCUT2D eigenvalue weighted by Crippen LogP contribution is 2.17. The van der Waals surface area contributed by atoms with Crippen molar-refractivity contribution < 1.29 is 19.4 Å². The number of carboxylic acid groups (broad SMARTS) is 1. The molecule has 0 unspecified atom stereocenters. The topological polar surface area (TPSA) is 63.6 Å². The molecule has 0 aromatic carbocycles. The normalized spacial score (nSPS) is 15.0. The van der Waals surface area contributed by atoms with Crippen LogP contribution in [0.2, 0.25) is 0 Å². The monoisotopic (exact) mass is 666 g/mol. The fourth-order valence-electron chi connectivity index (χ4n) is 4.47. The van der Waals surface area contributed by atoms with Gasteiger partial charge in [-0.1, -0.05) is 136 Å². The predicted molar refractivity (Wildman–Crippen MR) is 212 cm³/mol. The van der Waals surface area contributed by atoms with Crippen LogP contribution in [0.3, 0.4) is 0 Å². The van der Waals surface area contributed by atoms with E-state index in [2.05, 4.69) is 84.1 Å². The predicted octanol–water partition coefficient (Wildman–Crippen LogP) is 12.7. The molecule has 4 heteroatoms. The van der Waals surface area contributed by atoms with Crippen molar-refractivity contribution in [3.8, 4) is 0 Å². The molecule has 0 aromatic heterocycles. The number of hydrogen-bond donors (Lipinski definition) is 1. The fraction of sp³-hybridized carbons (Fsp3) is 0.378. The number of ether oxygens (including phenoxy) is 1. The summed E-state index contributed by atoms with van der Waals surface area (Å²) in [5.41, 5.74) is 10.8. The minimum atomic E-state index is -0.957. The number of allylic oxidation sites excluding steroid dienone is 24. The third-order valence-corrected chi connectivity index (χ3v) is 7.39. The summed E-state index contributed by atoms with van der Waals surface area (Å²) in [7, 11) is 1.38. The molecule has 0 fully saturated rings. The van der Waals surface area contributed by atoms with E-state index >= 15 is 0 Å². The van der Waals surface area contributed by atoms with E-state index in [1.807, 2.05) is 57.2 Å². The number of rotatable bonds is 21. The van der Waals surface area contributed by atoms with E-state index in [1.165, 1.54) is 35.5 Å². The summed E-state index contributed by atoms with van der Waals surface area (Å²) in [4.78, 5) is 22.2. The van der Waals surface area contributed by atoms with Gasteiger partial charge in [-0.3, -0.25) is 0 Å². The molecule has 0 aliphatic carbocycles. The van der Waals surface area contributed by atoms with Crippen LogP contribution in [0, 0.1) is 0 Å². The standard InChI is InChI=1S/C45H62O4/c1-35(2)17-13-20-37(4)22-14-23-38(5)24-16-25-39(6)27-30-43(34-42(9)29-32-45(48)49-10)33-41(8)19-12-11-18-36(3)21-15-26-40(7)28-31-44(46)47/h11-12,15,17-19,21-22,24,26-29,31-34H,13-14,16,20,23,25,30H2,1-10H3,(H,46,47)/b12-11+,21-15+,31-28+,32-29+,36-18+,37-22+,38-24+,39-27+,40-26-,41-19+,42-34+,43-33+. The first-order valence-electron chi connectivity index (χ1n) is 17.2. The third-order valence-electron chi connectivity index (χ3n) is 7.39. The Balaban J connectivity index is 5.52. The molecule has 0 rings (SSSR count). The lowest BCUT2D eigenvalue weighted by atomic mass is 10.0. The summed E-state index contributed by atoms with van der Waals surface area (Å²) in [6.07, 6.45) is 40.8. The molecule has 0 radical (unpaired) electrons. The Morgan fingerprint density at radius 1 is 0.531 bits per heavy atom. The van der Waals surface area contributed by atoms with Crippen molar-refractivity contribution in [1.82, 2.24) is 0 Å². The van der Waals surface area contributed by atoms with Gasteiger partial charge in [0, 0.05) is 12.2 Å². The van der Waals surface area contributed by atoms with Crippen LogP contribution in [0.25, 0.3) is 0 Å². The molecule has 49 heavy (non-hydrogen) atoms.